The molecule has 2 atom stereocenters. The van der Waals surface area contributed by atoms with Crippen molar-refractivity contribution < 1.29 is 43.9 Å². The van der Waals surface area contributed by atoms with Gasteiger partial charge in [0.15, 0.2) is 0 Å². The molecule has 0 aromatic heterocycles. The van der Waals surface area contributed by atoms with Crippen molar-refractivity contribution in [3.63, 3.8) is 0 Å². The van der Waals surface area contributed by atoms with Gasteiger partial charge in [0, 0.05) is 52.4 Å². The molecular formula is C52H78N4O10S4. The van der Waals surface area contributed by atoms with E-state index in [-0.39, 0.29) is 97.6 Å². The summed E-state index contributed by atoms with van der Waals surface area (Å²) in [6.45, 7) is 24.0. The minimum Gasteiger partial charge on any atom is -0.392 e. The molecule has 14 nitrogen and oxygen atoms in total. The first-order chi connectivity index (χ1) is 32.4. The molecular weight excluding hydrogens is 969 g/mol. The van der Waals surface area contributed by atoms with Gasteiger partial charge < -0.3 is 10.2 Å². The number of rotatable bonds is 25. The van der Waals surface area contributed by atoms with Gasteiger partial charge in [-0.2, -0.15) is 17.2 Å². The molecule has 0 aliphatic rings. The van der Waals surface area contributed by atoms with Crippen LogP contribution in [0.3, 0.4) is 0 Å². The van der Waals surface area contributed by atoms with E-state index >= 15 is 0 Å². The number of aliphatic hydroxyl groups excluding tert-OH is 2. The zero-order valence-corrected chi connectivity index (χ0v) is 47.1. The van der Waals surface area contributed by atoms with Crippen LogP contribution < -0.4 is 0 Å². The van der Waals surface area contributed by atoms with E-state index in [9.17, 15) is 43.9 Å². The minimum atomic E-state index is -4.25. The highest BCUT2D eigenvalue weighted by Crippen LogP contribution is 2.31. The first-order valence-corrected chi connectivity index (χ1v) is 29.9. The van der Waals surface area contributed by atoms with E-state index in [0.717, 1.165) is 22.3 Å². The van der Waals surface area contributed by atoms with Gasteiger partial charge in [-0.3, -0.25) is 0 Å². The molecule has 390 valence electrons. The highest BCUT2D eigenvalue weighted by atomic mass is 32.2. The molecule has 0 fully saturated rings. The zero-order chi connectivity index (χ0) is 52.8. The number of hydrogen-bond donors (Lipinski definition) is 2. The number of aryl methyl sites for hydroxylation is 12. The molecule has 2 N–H and O–H groups in total. The summed E-state index contributed by atoms with van der Waals surface area (Å²) in [7, 11) is -16.4. The second kappa shape index (κ2) is 24.0. The summed E-state index contributed by atoms with van der Waals surface area (Å²) in [6, 6.07) is 14.3. The predicted octanol–water partition coefficient (Wildman–Crippen LogP) is 7.77. The van der Waals surface area contributed by atoms with Crippen LogP contribution in [-0.4, -0.2) is 126 Å². The van der Waals surface area contributed by atoms with Crippen molar-refractivity contribution in [2.75, 3.05) is 52.4 Å². The number of sulfonamides is 4. The Morgan fingerprint density at radius 2 is 0.557 bits per heavy atom. The van der Waals surface area contributed by atoms with Crippen molar-refractivity contribution in [3.05, 3.63) is 115 Å². The molecule has 0 aliphatic carbocycles. The van der Waals surface area contributed by atoms with Gasteiger partial charge in [0.25, 0.3) is 0 Å². The average Bonchev–Trinajstić information content (AvgIpc) is 3.19. The summed E-state index contributed by atoms with van der Waals surface area (Å²) in [6.07, 6.45) is -2.35. The molecule has 4 aromatic rings. The summed E-state index contributed by atoms with van der Waals surface area (Å²) < 4.78 is 119. The number of unbranched alkanes of at least 4 members (excludes halogenated alkanes) is 1. The molecule has 0 bridgehead atoms. The van der Waals surface area contributed by atoms with Crippen molar-refractivity contribution in [1.29, 1.82) is 0 Å². The summed E-state index contributed by atoms with van der Waals surface area (Å²) in [5, 5.41) is 23.1. The lowest BCUT2D eigenvalue weighted by molar-refractivity contribution is 0.126. The molecule has 4 aromatic carbocycles. The van der Waals surface area contributed by atoms with E-state index < -0.39 is 52.3 Å². The van der Waals surface area contributed by atoms with Gasteiger partial charge in [-0.05, 0) is 153 Å². The molecule has 0 unspecified atom stereocenters. The molecule has 70 heavy (non-hydrogen) atoms. The largest absolute Gasteiger partial charge is 0.392 e. The third-order valence-electron chi connectivity index (χ3n) is 12.8. The molecule has 0 saturated carbocycles. The number of benzene rings is 4. The Balaban J connectivity index is 1.62. The number of hydrogen-bond acceptors (Lipinski definition) is 10. The van der Waals surface area contributed by atoms with Crippen LogP contribution >= 0.6 is 0 Å². The van der Waals surface area contributed by atoms with Gasteiger partial charge in [-0.15, -0.1) is 0 Å². The van der Waals surface area contributed by atoms with Gasteiger partial charge in [-0.1, -0.05) is 84.6 Å². The maximum Gasteiger partial charge on any atom is 0.243 e. The Bertz CT molecular complexity index is 2680. The van der Waals surface area contributed by atoms with Crippen molar-refractivity contribution in [2.45, 2.75) is 154 Å². The Labute approximate surface area is 420 Å². The summed E-state index contributed by atoms with van der Waals surface area (Å²) >= 11 is 0. The molecule has 0 amide bonds. The van der Waals surface area contributed by atoms with Crippen LogP contribution in [0, 0.1) is 83.1 Å². The molecule has 0 aliphatic heterocycles. The lowest BCUT2D eigenvalue weighted by Crippen LogP contribution is -2.42. The summed E-state index contributed by atoms with van der Waals surface area (Å²) in [5.74, 6) is 0. The second-order valence-corrected chi connectivity index (χ2v) is 26.7. The lowest BCUT2D eigenvalue weighted by Gasteiger charge is -2.29. The Morgan fingerprint density at radius 1 is 0.357 bits per heavy atom. The molecule has 18 heteroatoms. The highest BCUT2D eigenvalue weighted by Gasteiger charge is 2.34. The van der Waals surface area contributed by atoms with Crippen LogP contribution in [0.1, 0.15) is 106 Å². The zero-order valence-electron chi connectivity index (χ0n) is 43.8. The molecule has 0 heterocycles. The molecule has 4 rings (SSSR count). The van der Waals surface area contributed by atoms with Gasteiger partial charge in [0.1, 0.15) is 0 Å². The van der Waals surface area contributed by atoms with Crippen LogP contribution in [0.15, 0.2) is 68.1 Å². The fourth-order valence-electron chi connectivity index (χ4n) is 10.1. The van der Waals surface area contributed by atoms with E-state index in [4.69, 9.17) is 0 Å². The van der Waals surface area contributed by atoms with Crippen molar-refractivity contribution in [1.82, 2.24) is 17.2 Å². The van der Waals surface area contributed by atoms with Crippen molar-refractivity contribution in [3.8, 4) is 0 Å². The first kappa shape index (κ1) is 59.0. The minimum absolute atomic E-state index is 0.0605. The van der Waals surface area contributed by atoms with E-state index in [0.29, 0.717) is 44.5 Å². The molecule has 0 saturated heterocycles. The Morgan fingerprint density at radius 3 is 0.757 bits per heavy atom. The first-order valence-electron chi connectivity index (χ1n) is 24.1. The van der Waals surface area contributed by atoms with Crippen molar-refractivity contribution in [2.24, 2.45) is 0 Å². The van der Waals surface area contributed by atoms with Gasteiger partial charge in [0.05, 0.1) is 31.8 Å². The lowest BCUT2D eigenvalue weighted by atomic mass is 10.1. The Kier molecular flexibility index (Phi) is 20.2. The van der Waals surface area contributed by atoms with Crippen LogP contribution in [0.2, 0.25) is 0 Å². The van der Waals surface area contributed by atoms with Gasteiger partial charge in [-0.25, -0.2) is 33.7 Å². The van der Waals surface area contributed by atoms with Crippen LogP contribution in [-0.2, 0) is 40.1 Å². The molecule has 0 spiro atoms. The Hall–Kier alpha value is -3.56. The third-order valence-corrected chi connectivity index (χ3v) is 21.7. The SMILES string of the molecule is CCN(CC[C@@H](O)CN(CCCCN(C[C@H](O)CCN(CC)S(=O)(=O)c1c(C)cc(C)cc1C)S(=O)(=O)c1c(C)cc(C)cc1C)S(=O)(=O)c1c(C)cc(C)cc1C)S(=O)(=O)c1c(C)cc(C)cc1C. The van der Waals surface area contributed by atoms with Crippen LogP contribution in [0.25, 0.3) is 0 Å². The highest BCUT2D eigenvalue weighted by molar-refractivity contribution is 7.90. The van der Waals surface area contributed by atoms with Gasteiger partial charge in [0.2, 0.25) is 40.1 Å². The van der Waals surface area contributed by atoms with E-state index in [1.54, 1.807) is 93.5 Å². The van der Waals surface area contributed by atoms with Crippen LogP contribution in [0.4, 0.5) is 0 Å². The average molecular weight is 1050 g/mol. The monoisotopic (exact) mass is 1050 g/mol. The fraction of sp³-hybridized carbons (Fsp3) is 0.538. The van der Waals surface area contributed by atoms with Gasteiger partial charge >= 0.3 is 0 Å². The maximum atomic E-state index is 14.7. The summed E-state index contributed by atoms with van der Waals surface area (Å²) in [4.78, 5) is 0.613. The topological polar surface area (TPSA) is 190 Å². The smallest absolute Gasteiger partial charge is 0.243 e. The molecule has 0 radical (unpaired) electrons. The van der Waals surface area contributed by atoms with Crippen molar-refractivity contribution >= 4 is 40.1 Å². The third kappa shape index (κ3) is 13.7. The van der Waals surface area contributed by atoms with Crippen LogP contribution in [0.5, 0.6) is 0 Å². The second-order valence-electron chi connectivity index (χ2n) is 19.2. The normalized spacial score (nSPS) is 13.8. The maximum absolute atomic E-state index is 14.7. The van der Waals surface area contributed by atoms with E-state index in [1.165, 1.54) is 17.2 Å². The van der Waals surface area contributed by atoms with E-state index in [2.05, 4.69) is 0 Å². The number of nitrogens with zero attached hydrogens (tertiary/aromatic N) is 4. The fourth-order valence-corrected chi connectivity index (χ4v) is 17.7. The number of aliphatic hydroxyl groups is 2. The predicted molar refractivity (Wildman–Crippen MR) is 279 cm³/mol. The standard InChI is InChI=1S/C52H78N4O10S4/c1-15-53(67(59,60)49-39(7)25-35(3)26-40(49)8)23-19-47(57)33-55(69(63,64)51-43(11)29-37(5)30-44(51)12)21-17-18-22-56(70(65,66)52-45(13)31-38(6)32-46(52)14)34-48(58)20-24-54(16-2)68(61,62)50-41(9)27-36(4)28-42(50)10/h25-32,47-48,57-58H,15-24,33-34H2,1-14H3/t47-,48-/m1/s1. The quantitative estimate of drug-likeness (QED) is 0.0621. The summed E-state index contributed by atoms with van der Waals surface area (Å²) in [5.41, 5.74) is 8.17. The van der Waals surface area contributed by atoms with E-state index in [1.807, 2.05) is 52.0 Å².